The largest absolute Gasteiger partial charge is 0.489 e. The van der Waals surface area contributed by atoms with Gasteiger partial charge in [-0.3, -0.25) is 4.90 Å². The number of nitrogens with zero attached hydrogens (tertiary/aromatic N) is 1. The van der Waals surface area contributed by atoms with Crippen LogP contribution in [0.3, 0.4) is 0 Å². The Bertz CT molecular complexity index is 885. The van der Waals surface area contributed by atoms with Gasteiger partial charge in [0.1, 0.15) is 18.2 Å². The Labute approximate surface area is 187 Å². The third-order valence-electron chi connectivity index (χ3n) is 5.88. The van der Waals surface area contributed by atoms with E-state index in [4.69, 9.17) is 14.2 Å². The van der Waals surface area contributed by atoms with Gasteiger partial charge in [-0.25, -0.2) is 9.18 Å². The maximum atomic E-state index is 13.3. The zero-order chi connectivity index (χ0) is 22.2. The zero-order valence-electron chi connectivity index (χ0n) is 18.1. The van der Waals surface area contributed by atoms with Gasteiger partial charge in [-0.15, -0.1) is 0 Å². The lowest BCUT2D eigenvalue weighted by molar-refractivity contribution is 0.00222. The lowest BCUT2D eigenvalue weighted by Crippen LogP contribution is -2.52. The Morgan fingerprint density at radius 2 is 1.97 bits per heavy atom. The molecule has 0 aromatic heterocycles. The number of carbonyl (C=O) groups excluding carboxylic acids is 1. The highest BCUT2D eigenvalue weighted by atomic mass is 19.1. The Balaban J connectivity index is 1.29. The van der Waals surface area contributed by atoms with E-state index in [1.54, 1.807) is 30.3 Å². The summed E-state index contributed by atoms with van der Waals surface area (Å²) in [5.74, 6) is 0.715. The Morgan fingerprint density at radius 1 is 1.12 bits per heavy atom. The summed E-state index contributed by atoms with van der Waals surface area (Å²) in [7, 11) is 0. The van der Waals surface area contributed by atoms with Crippen molar-refractivity contribution in [2.45, 2.75) is 19.1 Å². The van der Waals surface area contributed by atoms with Gasteiger partial charge in [-0.1, -0.05) is 18.2 Å². The second kappa shape index (κ2) is 11.3. The first kappa shape index (κ1) is 22.5. The first-order valence-electron chi connectivity index (χ1n) is 11.1. The van der Waals surface area contributed by atoms with Crippen LogP contribution < -0.4 is 15.4 Å². The van der Waals surface area contributed by atoms with E-state index in [-0.39, 0.29) is 24.5 Å². The number of hydrogen-bond acceptors (Lipinski definition) is 5. The average Bonchev–Trinajstić information content (AvgIpc) is 3.34. The van der Waals surface area contributed by atoms with Crippen LogP contribution in [-0.4, -0.2) is 63.0 Å². The van der Waals surface area contributed by atoms with Crippen molar-refractivity contribution in [1.29, 1.82) is 0 Å². The van der Waals surface area contributed by atoms with Crippen LogP contribution in [0.25, 0.3) is 0 Å². The minimum atomic E-state index is -0.294. The molecule has 2 amide bonds. The number of halogens is 1. The van der Waals surface area contributed by atoms with Crippen LogP contribution in [0.5, 0.6) is 5.75 Å². The van der Waals surface area contributed by atoms with Crippen molar-refractivity contribution >= 4 is 11.7 Å². The Hall–Kier alpha value is -2.68. The molecule has 0 bridgehead atoms. The quantitative estimate of drug-likeness (QED) is 0.655. The second-order valence-corrected chi connectivity index (χ2v) is 8.12. The number of ether oxygens (including phenoxy) is 3. The van der Waals surface area contributed by atoms with E-state index < -0.39 is 0 Å². The van der Waals surface area contributed by atoms with Gasteiger partial charge in [-0.05, 0) is 36.2 Å². The number of urea groups is 1. The van der Waals surface area contributed by atoms with E-state index in [2.05, 4.69) is 15.5 Å². The summed E-state index contributed by atoms with van der Waals surface area (Å²) < 4.78 is 30.1. The number of hydrogen-bond donors (Lipinski definition) is 2. The topological polar surface area (TPSA) is 72.1 Å². The SMILES string of the molecule is O=C(NC[C@@H]([C@@H]1CCOC1)N1CCOCC1)Nc1cccc(OCc2cccc(F)c2)c1. The van der Waals surface area contributed by atoms with E-state index in [0.717, 1.165) is 51.5 Å². The molecular formula is C24H30FN3O4. The van der Waals surface area contributed by atoms with Gasteiger partial charge >= 0.3 is 6.03 Å². The molecule has 32 heavy (non-hydrogen) atoms. The van der Waals surface area contributed by atoms with E-state index in [9.17, 15) is 9.18 Å². The average molecular weight is 444 g/mol. The molecule has 0 radical (unpaired) electrons. The molecule has 172 valence electrons. The highest BCUT2D eigenvalue weighted by molar-refractivity contribution is 5.89. The van der Waals surface area contributed by atoms with Crippen LogP contribution in [0.1, 0.15) is 12.0 Å². The maximum Gasteiger partial charge on any atom is 0.319 e. The molecule has 2 fully saturated rings. The summed E-state index contributed by atoms with van der Waals surface area (Å²) in [5, 5.41) is 5.89. The highest BCUT2D eigenvalue weighted by Gasteiger charge is 2.31. The molecule has 0 aliphatic carbocycles. The summed E-state index contributed by atoms with van der Waals surface area (Å²) in [6.07, 6.45) is 1.01. The number of anilines is 1. The predicted molar refractivity (Wildman–Crippen MR) is 119 cm³/mol. The molecule has 2 aromatic carbocycles. The Morgan fingerprint density at radius 3 is 2.75 bits per heavy atom. The molecule has 2 heterocycles. The van der Waals surface area contributed by atoms with Crippen LogP contribution in [0.15, 0.2) is 48.5 Å². The minimum Gasteiger partial charge on any atom is -0.489 e. The maximum absolute atomic E-state index is 13.3. The van der Waals surface area contributed by atoms with Crippen molar-refractivity contribution in [2.75, 3.05) is 51.4 Å². The van der Waals surface area contributed by atoms with Crippen LogP contribution in [-0.2, 0) is 16.1 Å². The van der Waals surface area contributed by atoms with E-state index >= 15 is 0 Å². The summed E-state index contributed by atoms with van der Waals surface area (Å²) in [4.78, 5) is 15.0. The van der Waals surface area contributed by atoms with E-state index in [0.29, 0.717) is 23.9 Å². The summed E-state index contributed by atoms with van der Waals surface area (Å²) in [5.41, 5.74) is 1.37. The molecule has 0 spiro atoms. The molecular weight excluding hydrogens is 413 g/mol. The van der Waals surface area contributed by atoms with Crippen LogP contribution in [0.4, 0.5) is 14.9 Å². The minimum absolute atomic E-state index is 0.230. The van der Waals surface area contributed by atoms with Crippen molar-refractivity contribution in [2.24, 2.45) is 5.92 Å². The first-order valence-corrected chi connectivity index (χ1v) is 11.1. The lowest BCUT2D eigenvalue weighted by Gasteiger charge is -2.37. The molecule has 4 rings (SSSR count). The monoisotopic (exact) mass is 443 g/mol. The van der Waals surface area contributed by atoms with Gasteiger partial charge in [0, 0.05) is 50.0 Å². The van der Waals surface area contributed by atoms with Crippen molar-refractivity contribution in [3.63, 3.8) is 0 Å². The Kier molecular flexibility index (Phi) is 7.92. The first-order chi connectivity index (χ1) is 15.7. The fraction of sp³-hybridized carbons (Fsp3) is 0.458. The fourth-order valence-electron chi connectivity index (χ4n) is 4.19. The van der Waals surface area contributed by atoms with Gasteiger partial charge in [0.25, 0.3) is 0 Å². The molecule has 2 aliphatic heterocycles. The van der Waals surface area contributed by atoms with Gasteiger partial charge in [-0.2, -0.15) is 0 Å². The molecule has 7 nitrogen and oxygen atoms in total. The van der Waals surface area contributed by atoms with Gasteiger partial charge in [0.15, 0.2) is 0 Å². The van der Waals surface area contributed by atoms with Crippen molar-refractivity contribution in [3.8, 4) is 5.75 Å². The van der Waals surface area contributed by atoms with E-state index in [1.807, 2.05) is 6.07 Å². The smallest absolute Gasteiger partial charge is 0.319 e. The number of benzene rings is 2. The van der Waals surface area contributed by atoms with Crippen LogP contribution >= 0.6 is 0 Å². The predicted octanol–water partition coefficient (Wildman–Crippen LogP) is 3.26. The van der Waals surface area contributed by atoms with Gasteiger partial charge in [0.2, 0.25) is 0 Å². The normalized spacial score (nSPS) is 20.0. The summed E-state index contributed by atoms with van der Waals surface area (Å²) >= 11 is 0. The van der Waals surface area contributed by atoms with Crippen molar-refractivity contribution in [3.05, 3.63) is 59.9 Å². The molecule has 8 heteroatoms. The molecule has 2 aliphatic rings. The number of nitrogens with one attached hydrogen (secondary N) is 2. The molecule has 2 N–H and O–H groups in total. The number of carbonyl (C=O) groups is 1. The summed E-state index contributed by atoms with van der Waals surface area (Å²) in [6.45, 7) is 5.49. The fourth-order valence-corrected chi connectivity index (χ4v) is 4.19. The number of morpholine rings is 1. The zero-order valence-corrected chi connectivity index (χ0v) is 18.1. The van der Waals surface area contributed by atoms with Crippen molar-refractivity contribution in [1.82, 2.24) is 10.2 Å². The third kappa shape index (κ3) is 6.41. The molecule has 2 aromatic rings. The highest BCUT2D eigenvalue weighted by Crippen LogP contribution is 2.22. The van der Waals surface area contributed by atoms with E-state index in [1.165, 1.54) is 12.1 Å². The second-order valence-electron chi connectivity index (χ2n) is 8.12. The number of amides is 2. The summed E-state index contributed by atoms with van der Waals surface area (Å²) in [6, 6.07) is 13.4. The molecule has 0 saturated carbocycles. The molecule has 2 saturated heterocycles. The van der Waals surface area contributed by atoms with Crippen LogP contribution in [0, 0.1) is 11.7 Å². The van der Waals surface area contributed by atoms with Gasteiger partial charge in [0.05, 0.1) is 19.8 Å². The molecule has 0 unspecified atom stereocenters. The lowest BCUT2D eigenvalue weighted by atomic mass is 9.97. The standard InChI is InChI=1S/C24H30FN3O4/c25-20-4-1-3-18(13-20)16-32-22-6-2-5-21(14-22)27-24(29)26-15-23(19-7-10-31-17-19)28-8-11-30-12-9-28/h1-6,13-14,19,23H,7-12,15-17H2,(H2,26,27,29)/t19-,23+/m1/s1. The van der Waals surface area contributed by atoms with Gasteiger partial charge < -0.3 is 24.8 Å². The third-order valence-corrected chi connectivity index (χ3v) is 5.88. The molecule has 2 atom stereocenters. The number of rotatable bonds is 8. The van der Waals surface area contributed by atoms with Crippen LogP contribution in [0.2, 0.25) is 0 Å². The van der Waals surface area contributed by atoms with Crippen molar-refractivity contribution < 1.29 is 23.4 Å².